The standard InChI is InChI=1S/C15H21NO4S/c1-10(2)20-21-16(14(17)18)9-12-7-5-6-11-8-15(3,4)19-13(11)12/h5-7,10H,8-9H2,1-4H3,(H,17,18). The zero-order valence-corrected chi connectivity index (χ0v) is 13.6. The van der Waals surface area contributed by atoms with Crippen LogP contribution in [0.25, 0.3) is 0 Å². The van der Waals surface area contributed by atoms with Crippen molar-refractivity contribution in [2.75, 3.05) is 0 Å². The average molecular weight is 311 g/mol. The molecule has 21 heavy (non-hydrogen) atoms. The van der Waals surface area contributed by atoms with E-state index in [0.29, 0.717) is 0 Å². The van der Waals surface area contributed by atoms with Gasteiger partial charge in [-0.2, -0.15) is 0 Å². The molecule has 0 fully saturated rings. The second-order valence-corrected chi connectivity index (χ2v) is 6.76. The number of benzene rings is 1. The van der Waals surface area contributed by atoms with Crippen LogP contribution in [-0.2, 0) is 17.1 Å². The summed E-state index contributed by atoms with van der Waals surface area (Å²) in [7, 11) is 0. The highest BCUT2D eigenvalue weighted by molar-refractivity contribution is 7.92. The lowest BCUT2D eigenvalue weighted by Crippen LogP contribution is -2.26. The summed E-state index contributed by atoms with van der Waals surface area (Å²) < 4.78 is 12.5. The van der Waals surface area contributed by atoms with Crippen molar-refractivity contribution in [1.29, 1.82) is 0 Å². The first-order valence-corrected chi connectivity index (χ1v) is 7.62. The lowest BCUT2D eigenvalue weighted by molar-refractivity contribution is 0.136. The van der Waals surface area contributed by atoms with E-state index >= 15 is 0 Å². The molecule has 0 saturated heterocycles. The fourth-order valence-electron chi connectivity index (χ4n) is 2.22. The topological polar surface area (TPSA) is 59.0 Å². The van der Waals surface area contributed by atoms with Crippen molar-refractivity contribution >= 4 is 18.3 Å². The molecule has 0 bridgehead atoms. The molecule has 1 N–H and O–H groups in total. The third kappa shape index (κ3) is 4.04. The zero-order valence-electron chi connectivity index (χ0n) is 12.8. The molecule has 1 aromatic rings. The molecule has 1 aliphatic rings. The molecule has 1 amide bonds. The Morgan fingerprint density at radius 2 is 2.24 bits per heavy atom. The van der Waals surface area contributed by atoms with Crippen molar-refractivity contribution in [3.8, 4) is 5.75 Å². The van der Waals surface area contributed by atoms with E-state index < -0.39 is 6.09 Å². The van der Waals surface area contributed by atoms with Crippen LogP contribution in [0.3, 0.4) is 0 Å². The predicted molar refractivity (Wildman–Crippen MR) is 82.2 cm³/mol. The Balaban J connectivity index is 2.16. The zero-order chi connectivity index (χ0) is 15.6. The van der Waals surface area contributed by atoms with E-state index in [-0.39, 0.29) is 18.2 Å². The Morgan fingerprint density at radius 1 is 1.52 bits per heavy atom. The van der Waals surface area contributed by atoms with Crippen LogP contribution in [0.5, 0.6) is 5.75 Å². The smallest absolute Gasteiger partial charge is 0.419 e. The summed E-state index contributed by atoms with van der Waals surface area (Å²) in [5.74, 6) is 0.805. The number of amides is 1. The summed E-state index contributed by atoms with van der Waals surface area (Å²) in [6.45, 7) is 8.01. The Kier molecular flexibility index (Phi) is 4.68. The summed E-state index contributed by atoms with van der Waals surface area (Å²) in [5, 5.41) is 9.28. The maximum Gasteiger partial charge on any atom is 0.419 e. The maximum atomic E-state index is 11.3. The molecule has 0 atom stereocenters. The average Bonchev–Trinajstić information content (AvgIpc) is 2.68. The van der Waals surface area contributed by atoms with Crippen LogP contribution in [0, 0.1) is 0 Å². The number of para-hydroxylation sites is 1. The first-order chi connectivity index (χ1) is 9.78. The van der Waals surface area contributed by atoms with Crippen LogP contribution in [0.15, 0.2) is 18.2 Å². The van der Waals surface area contributed by atoms with Gasteiger partial charge in [0.25, 0.3) is 0 Å². The van der Waals surface area contributed by atoms with Crippen molar-refractivity contribution in [2.24, 2.45) is 0 Å². The van der Waals surface area contributed by atoms with E-state index in [2.05, 4.69) is 0 Å². The number of fused-ring (bicyclic) bond motifs is 1. The molecule has 0 aliphatic carbocycles. The fraction of sp³-hybridized carbons (Fsp3) is 0.533. The highest BCUT2D eigenvalue weighted by Gasteiger charge is 2.32. The Labute approximate surface area is 129 Å². The highest BCUT2D eigenvalue weighted by Crippen LogP contribution is 2.38. The minimum absolute atomic E-state index is 0.0477. The van der Waals surface area contributed by atoms with Crippen LogP contribution >= 0.6 is 12.2 Å². The Bertz CT molecular complexity index is 530. The fourth-order valence-corrected chi connectivity index (χ4v) is 2.75. The molecule has 0 radical (unpaired) electrons. The lowest BCUT2D eigenvalue weighted by atomic mass is 10.0. The third-order valence-electron chi connectivity index (χ3n) is 3.03. The van der Waals surface area contributed by atoms with Gasteiger partial charge in [0.05, 0.1) is 12.6 Å². The number of hydrogen-bond acceptors (Lipinski definition) is 4. The number of carbonyl (C=O) groups is 1. The molecular weight excluding hydrogens is 290 g/mol. The van der Waals surface area contributed by atoms with Gasteiger partial charge in [0, 0.05) is 12.0 Å². The molecule has 1 aliphatic heterocycles. The van der Waals surface area contributed by atoms with Crippen LogP contribution in [0.4, 0.5) is 4.79 Å². The van der Waals surface area contributed by atoms with E-state index in [1.54, 1.807) is 0 Å². The summed E-state index contributed by atoms with van der Waals surface area (Å²) >= 11 is 0.856. The first-order valence-electron chi connectivity index (χ1n) is 6.92. The van der Waals surface area contributed by atoms with Crippen molar-refractivity contribution in [1.82, 2.24) is 4.31 Å². The Hall–Kier alpha value is -1.40. The number of hydrogen-bond donors (Lipinski definition) is 1. The van der Waals surface area contributed by atoms with Gasteiger partial charge in [-0.1, -0.05) is 18.2 Å². The molecule has 1 heterocycles. The molecule has 6 heteroatoms. The van der Waals surface area contributed by atoms with Crippen molar-refractivity contribution in [3.63, 3.8) is 0 Å². The quantitative estimate of drug-likeness (QED) is 0.661. The molecular formula is C15H21NO4S. The molecule has 0 saturated carbocycles. The first kappa shape index (κ1) is 16.0. The highest BCUT2D eigenvalue weighted by atomic mass is 32.2. The Morgan fingerprint density at radius 3 is 2.86 bits per heavy atom. The van der Waals surface area contributed by atoms with E-state index in [4.69, 9.17) is 8.92 Å². The molecule has 0 unspecified atom stereocenters. The van der Waals surface area contributed by atoms with Gasteiger partial charge in [-0.25, -0.2) is 9.10 Å². The van der Waals surface area contributed by atoms with Gasteiger partial charge in [0.1, 0.15) is 23.6 Å². The molecule has 0 aromatic heterocycles. The van der Waals surface area contributed by atoms with Gasteiger partial charge in [-0.05, 0) is 33.3 Å². The number of ether oxygens (including phenoxy) is 1. The van der Waals surface area contributed by atoms with Crippen molar-refractivity contribution < 1.29 is 18.8 Å². The summed E-state index contributed by atoms with van der Waals surface area (Å²) in [6, 6.07) is 5.86. The number of rotatable bonds is 5. The third-order valence-corrected chi connectivity index (χ3v) is 3.96. The van der Waals surface area contributed by atoms with Crippen LogP contribution < -0.4 is 4.74 Å². The van der Waals surface area contributed by atoms with Gasteiger partial charge in [0.2, 0.25) is 0 Å². The SMILES string of the molecule is CC(C)OSN(Cc1cccc2c1OC(C)(C)C2)C(=O)O. The van der Waals surface area contributed by atoms with Gasteiger partial charge in [-0.3, -0.25) is 4.18 Å². The summed E-state index contributed by atoms with van der Waals surface area (Å²) in [5.41, 5.74) is 1.74. The predicted octanol–water partition coefficient (Wildman–Crippen LogP) is 3.87. The largest absolute Gasteiger partial charge is 0.487 e. The number of nitrogens with zero attached hydrogens (tertiary/aromatic N) is 1. The maximum absolute atomic E-state index is 11.3. The van der Waals surface area contributed by atoms with Crippen LogP contribution in [0.1, 0.15) is 38.8 Å². The van der Waals surface area contributed by atoms with E-state index in [1.165, 1.54) is 4.31 Å². The van der Waals surface area contributed by atoms with Crippen molar-refractivity contribution in [3.05, 3.63) is 29.3 Å². The van der Waals surface area contributed by atoms with Gasteiger partial charge < -0.3 is 9.84 Å². The molecule has 116 valence electrons. The second-order valence-electron chi connectivity index (χ2n) is 5.98. The van der Waals surface area contributed by atoms with E-state index in [0.717, 1.165) is 35.5 Å². The second kappa shape index (κ2) is 6.15. The summed E-state index contributed by atoms with van der Waals surface area (Å²) in [6.07, 6.45) is -0.247. The number of carboxylic acid groups (broad SMARTS) is 1. The minimum Gasteiger partial charge on any atom is -0.487 e. The van der Waals surface area contributed by atoms with E-state index in [9.17, 15) is 9.90 Å². The van der Waals surface area contributed by atoms with Gasteiger partial charge in [0.15, 0.2) is 0 Å². The molecule has 1 aromatic carbocycles. The molecule has 0 spiro atoms. The summed E-state index contributed by atoms with van der Waals surface area (Å²) in [4.78, 5) is 11.3. The van der Waals surface area contributed by atoms with Crippen LogP contribution in [-0.4, -0.2) is 27.2 Å². The van der Waals surface area contributed by atoms with Gasteiger partial charge >= 0.3 is 6.09 Å². The van der Waals surface area contributed by atoms with Crippen LogP contribution in [0.2, 0.25) is 0 Å². The monoisotopic (exact) mass is 311 g/mol. The molecule has 2 rings (SSSR count). The molecule has 5 nitrogen and oxygen atoms in total. The van der Waals surface area contributed by atoms with Gasteiger partial charge in [-0.15, -0.1) is 0 Å². The van der Waals surface area contributed by atoms with E-state index in [1.807, 2.05) is 45.9 Å². The minimum atomic E-state index is -1.03. The van der Waals surface area contributed by atoms with Crippen molar-refractivity contribution in [2.45, 2.75) is 52.4 Å². The normalized spacial score (nSPS) is 15.7. The lowest BCUT2D eigenvalue weighted by Gasteiger charge is -2.21.